The fraction of sp³-hybridized carbons (Fsp3) is 0.125. The molecule has 0 spiro atoms. The minimum Gasteiger partial charge on any atom is -0.488 e. The van der Waals surface area contributed by atoms with E-state index in [0.717, 1.165) is 17.7 Å². The lowest BCUT2D eigenvalue weighted by Crippen LogP contribution is -2.24. The summed E-state index contributed by atoms with van der Waals surface area (Å²) in [7, 11) is 0. The molecule has 0 radical (unpaired) electrons. The molecule has 0 atom stereocenters. The first kappa shape index (κ1) is 25.0. The van der Waals surface area contributed by atoms with E-state index in [1.54, 1.807) is 18.2 Å². The quantitative estimate of drug-likeness (QED) is 0.227. The third-order valence-corrected chi connectivity index (χ3v) is 5.01. The van der Waals surface area contributed by atoms with Crippen molar-refractivity contribution < 1.29 is 27.5 Å². The molecule has 0 aliphatic heterocycles. The number of rotatable bonds is 8. The molecule has 2 amide bonds. The predicted octanol–water partition coefficient (Wildman–Crippen LogP) is 5.53. The van der Waals surface area contributed by atoms with Gasteiger partial charge in [0.1, 0.15) is 18.8 Å². The van der Waals surface area contributed by atoms with Gasteiger partial charge >= 0.3 is 6.18 Å². The second kappa shape index (κ2) is 11.5. The third kappa shape index (κ3) is 7.73. The van der Waals surface area contributed by atoms with Crippen molar-refractivity contribution in [2.45, 2.75) is 19.2 Å². The number of hydrogen-bond donors (Lipinski definition) is 2. The Labute approximate surface area is 202 Å². The van der Waals surface area contributed by atoms with Gasteiger partial charge in [0.2, 0.25) is 11.8 Å². The number of benzene rings is 3. The van der Waals surface area contributed by atoms with Crippen LogP contribution in [0, 0.1) is 0 Å². The van der Waals surface area contributed by atoms with Gasteiger partial charge in [-0.1, -0.05) is 36.4 Å². The maximum atomic E-state index is 12.7. The van der Waals surface area contributed by atoms with Gasteiger partial charge in [0.25, 0.3) is 0 Å². The molecular formula is C24H19BrF3N3O3. The highest BCUT2D eigenvalue weighted by atomic mass is 79.9. The first-order valence-electron chi connectivity index (χ1n) is 9.96. The van der Waals surface area contributed by atoms with E-state index < -0.39 is 30.0 Å². The minimum absolute atomic E-state index is 0.0597. The van der Waals surface area contributed by atoms with Gasteiger partial charge < -0.3 is 10.1 Å². The maximum Gasteiger partial charge on any atom is 0.416 e. The number of carbonyl (C=O) groups is 2. The SMILES string of the molecule is O=C(CC(=O)Nc1cccc(C(F)(F)F)c1)NN=Cc1ccc(OCc2ccccc2)c(Br)c1. The summed E-state index contributed by atoms with van der Waals surface area (Å²) < 4.78 is 44.7. The number of hydrazone groups is 1. The molecule has 3 aromatic carbocycles. The number of hydrogen-bond acceptors (Lipinski definition) is 4. The van der Waals surface area contributed by atoms with E-state index in [0.29, 0.717) is 22.4 Å². The molecule has 6 nitrogen and oxygen atoms in total. The Morgan fingerprint density at radius 3 is 2.44 bits per heavy atom. The molecular weight excluding hydrogens is 515 g/mol. The van der Waals surface area contributed by atoms with Gasteiger partial charge in [-0.25, -0.2) is 5.43 Å². The van der Waals surface area contributed by atoms with Crippen LogP contribution >= 0.6 is 15.9 Å². The Hall–Kier alpha value is -3.66. The Kier molecular flexibility index (Phi) is 8.42. The summed E-state index contributed by atoms with van der Waals surface area (Å²) in [5, 5.41) is 6.06. The van der Waals surface area contributed by atoms with E-state index in [1.165, 1.54) is 18.3 Å². The lowest BCUT2D eigenvalue weighted by molar-refractivity contribution is -0.137. The normalized spacial score (nSPS) is 11.3. The number of nitrogens with one attached hydrogen (secondary N) is 2. The zero-order valence-corrected chi connectivity index (χ0v) is 19.2. The second-order valence-corrected chi connectivity index (χ2v) is 7.92. The van der Waals surface area contributed by atoms with Crippen LogP contribution in [0.5, 0.6) is 5.75 Å². The van der Waals surface area contributed by atoms with E-state index in [4.69, 9.17) is 4.74 Å². The van der Waals surface area contributed by atoms with Crippen molar-refractivity contribution in [3.8, 4) is 5.75 Å². The summed E-state index contributed by atoms with van der Waals surface area (Å²) in [5.41, 5.74) is 2.93. The molecule has 3 aromatic rings. The topological polar surface area (TPSA) is 79.8 Å². The van der Waals surface area contributed by atoms with E-state index in [-0.39, 0.29) is 5.69 Å². The van der Waals surface area contributed by atoms with Gasteiger partial charge in [-0.05, 0) is 63.5 Å². The van der Waals surface area contributed by atoms with Crippen molar-refractivity contribution in [1.82, 2.24) is 5.43 Å². The van der Waals surface area contributed by atoms with Gasteiger partial charge in [0.15, 0.2) is 0 Å². The molecule has 0 bridgehead atoms. The van der Waals surface area contributed by atoms with Crippen molar-refractivity contribution in [1.29, 1.82) is 0 Å². The molecule has 10 heteroatoms. The number of alkyl halides is 3. The standard InChI is InChI=1S/C24H19BrF3N3O3/c25-20-11-17(9-10-21(20)34-15-16-5-2-1-3-6-16)14-29-31-23(33)13-22(32)30-19-8-4-7-18(12-19)24(26,27)28/h1-12,14H,13,15H2,(H,30,32)(H,31,33). The molecule has 34 heavy (non-hydrogen) atoms. The van der Waals surface area contributed by atoms with Crippen LogP contribution in [0.25, 0.3) is 0 Å². The number of carbonyl (C=O) groups excluding carboxylic acids is 2. The molecule has 0 aliphatic rings. The molecule has 0 fully saturated rings. The van der Waals surface area contributed by atoms with Crippen LogP contribution in [0.2, 0.25) is 0 Å². The van der Waals surface area contributed by atoms with E-state index in [9.17, 15) is 22.8 Å². The number of ether oxygens (including phenoxy) is 1. The van der Waals surface area contributed by atoms with E-state index >= 15 is 0 Å². The maximum absolute atomic E-state index is 12.7. The second-order valence-electron chi connectivity index (χ2n) is 7.06. The minimum atomic E-state index is -4.53. The Balaban J connectivity index is 1.48. The summed E-state index contributed by atoms with van der Waals surface area (Å²) in [6.45, 7) is 0.408. The molecule has 0 aromatic heterocycles. The van der Waals surface area contributed by atoms with Crippen molar-refractivity contribution >= 4 is 39.6 Å². The van der Waals surface area contributed by atoms with Crippen LogP contribution in [-0.2, 0) is 22.4 Å². The highest BCUT2D eigenvalue weighted by molar-refractivity contribution is 9.10. The molecule has 176 valence electrons. The van der Waals surface area contributed by atoms with Crippen LogP contribution in [0.1, 0.15) is 23.1 Å². The zero-order chi connectivity index (χ0) is 24.6. The van der Waals surface area contributed by atoms with Crippen LogP contribution in [0.4, 0.5) is 18.9 Å². The first-order chi connectivity index (χ1) is 16.2. The molecule has 0 saturated carbocycles. The number of halogens is 4. The summed E-state index contributed by atoms with van der Waals surface area (Å²) in [6, 6.07) is 19.1. The highest BCUT2D eigenvalue weighted by Crippen LogP contribution is 2.30. The average Bonchev–Trinajstić information content (AvgIpc) is 2.78. The largest absolute Gasteiger partial charge is 0.488 e. The van der Waals surface area contributed by atoms with Crippen molar-refractivity contribution in [3.63, 3.8) is 0 Å². The first-order valence-corrected chi connectivity index (χ1v) is 10.8. The Morgan fingerprint density at radius 1 is 0.971 bits per heavy atom. The summed E-state index contributed by atoms with van der Waals surface area (Å²) in [6.07, 6.45) is -3.76. The number of amides is 2. The highest BCUT2D eigenvalue weighted by Gasteiger charge is 2.30. The smallest absolute Gasteiger partial charge is 0.416 e. The number of nitrogens with zero attached hydrogens (tertiary/aromatic N) is 1. The predicted molar refractivity (Wildman–Crippen MR) is 125 cm³/mol. The molecule has 3 rings (SSSR count). The van der Waals surface area contributed by atoms with E-state index in [1.807, 2.05) is 30.3 Å². The zero-order valence-electron chi connectivity index (χ0n) is 17.6. The summed E-state index contributed by atoms with van der Waals surface area (Å²) in [4.78, 5) is 23.8. The van der Waals surface area contributed by atoms with Gasteiger partial charge in [0, 0.05) is 5.69 Å². The van der Waals surface area contributed by atoms with Crippen LogP contribution in [0.3, 0.4) is 0 Å². The molecule has 2 N–H and O–H groups in total. The van der Waals surface area contributed by atoms with Gasteiger partial charge in [-0.15, -0.1) is 0 Å². The van der Waals surface area contributed by atoms with Crippen LogP contribution in [0.15, 0.2) is 82.4 Å². The third-order valence-electron chi connectivity index (χ3n) is 4.39. The van der Waals surface area contributed by atoms with Gasteiger partial charge in [-0.3, -0.25) is 9.59 Å². The molecule has 0 aliphatic carbocycles. The fourth-order valence-electron chi connectivity index (χ4n) is 2.79. The van der Waals surface area contributed by atoms with Crippen LogP contribution in [-0.4, -0.2) is 18.0 Å². The van der Waals surface area contributed by atoms with E-state index in [2.05, 4.69) is 31.8 Å². The van der Waals surface area contributed by atoms with Gasteiger partial charge in [-0.2, -0.15) is 18.3 Å². The Bertz CT molecular complexity index is 1180. The summed E-state index contributed by atoms with van der Waals surface area (Å²) >= 11 is 3.43. The van der Waals surface area contributed by atoms with Crippen molar-refractivity contribution in [3.05, 3.63) is 94.0 Å². The van der Waals surface area contributed by atoms with Crippen LogP contribution < -0.4 is 15.5 Å². The van der Waals surface area contributed by atoms with Gasteiger partial charge in [0.05, 0.1) is 16.3 Å². The fourth-order valence-corrected chi connectivity index (χ4v) is 3.30. The lowest BCUT2D eigenvalue weighted by atomic mass is 10.2. The monoisotopic (exact) mass is 533 g/mol. The molecule has 0 saturated heterocycles. The summed E-state index contributed by atoms with van der Waals surface area (Å²) in [5.74, 6) is -0.853. The van der Waals surface area contributed by atoms with Crippen molar-refractivity contribution in [2.24, 2.45) is 5.10 Å². The Morgan fingerprint density at radius 2 is 1.74 bits per heavy atom. The molecule has 0 heterocycles. The molecule has 0 unspecified atom stereocenters. The average molecular weight is 534 g/mol. The lowest BCUT2D eigenvalue weighted by Gasteiger charge is -2.09. The van der Waals surface area contributed by atoms with Crippen molar-refractivity contribution in [2.75, 3.05) is 5.32 Å². The number of anilines is 1.